The van der Waals surface area contributed by atoms with Crippen LogP contribution in [0.5, 0.6) is 0 Å². The Morgan fingerprint density at radius 3 is 2.71 bits per heavy atom. The summed E-state index contributed by atoms with van der Waals surface area (Å²) in [6, 6.07) is 3.67. The average Bonchev–Trinajstić information content (AvgIpc) is 2.17. The fraction of sp³-hybridized carbons (Fsp3) is 0. The first-order valence-corrected chi connectivity index (χ1v) is 4.13. The van der Waals surface area contributed by atoms with Gasteiger partial charge in [-0.2, -0.15) is 0 Å². The minimum Gasteiger partial charge on any atom is -0.410 e. The summed E-state index contributed by atoms with van der Waals surface area (Å²) >= 11 is 11.1. The summed E-state index contributed by atoms with van der Waals surface area (Å²) in [4.78, 5) is 9.80. The van der Waals surface area contributed by atoms with Crippen molar-refractivity contribution in [2.75, 3.05) is 0 Å². The molecule has 0 aliphatic rings. The van der Waals surface area contributed by atoms with Gasteiger partial charge in [0.25, 0.3) is 5.69 Å². The van der Waals surface area contributed by atoms with Gasteiger partial charge in [-0.25, -0.2) is 0 Å². The third-order valence-corrected chi connectivity index (χ3v) is 2.08. The molecule has 1 rings (SSSR count). The molecule has 0 fully saturated rings. The summed E-state index contributed by atoms with van der Waals surface area (Å²) in [5.41, 5.74) is -0.0590. The summed E-state index contributed by atoms with van der Waals surface area (Å²) in [7, 11) is 0. The number of nitro groups is 1. The maximum absolute atomic E-state index is 10.4. The molecule has 0 aliphatic carbocycles. The van der Waals surface area contributed by atoms with Crippen LogP contribution in [0.3, 0.4) is 0 Å². The number of benzene rings is 1. The molecular weight excluding hydrogens is 231 g/mol. The van der Waals surface area contributed by atoms with Crippen LogP contribution in [0.15, 0.2) is 23.4 Å². The van der Waals surface area contributed by atoms with Gasteiger partial charge < -0.3 is 5.21 Å². The molecule has 7 heteroatoms. The van der Waals surface area contributed by atoms with Crippen LogP contribution in [0.2, 0.25) is 5.02 Å². The standard InChI is InChI=1S/C7H4Cl2N2O3/c8-6-2-1-4(11(13)14)3-5(6)7(9)10-12/h1-3,12H/b10-7-. The van der Waals surface area contributed by atoms with Gasteiger partial charge in [0.1, 0.15) is 0 Å². The molecule has 1 N–H and O–H groups in total. The summed E-state index contributed by atoms with van der Waals surface area (Å²) in [6.45, 7) is 0. The van der Waals surface area contributed by atoms with Gasteiger partial charge in [0.15, 0.2) is 5.17 Å². The van der Waals surface area contributed by atoms with Crippen molar-refractivity contribution in [3.8, 4) is 0 Å². The van der Waals surface area contributed by atoms with Crippen molar-refractivity contribution in [3.05, 3.63) is 38.9 Å². The number of oxime groups is 1. The molecule has 0 aliphatic heterocycles. The molecule has 5 nitrogen and oxygen atoms in total. The Morgan fingerprint density at radius 2 is 2.21 bits per heavy atom. The van der Waals surface area contributed by atoms with Gasteiger partial charge >= 0.3 is 0 Å². The topological polar surface area (TPSA) is 75.7 Å². The van der Waals surface area contributed by atoms with Gasteiger partial charge in [0.05, 0.1) is 9.95 Å². The van der Waals surface area contributed by atoms with Crippen molar-refractivity contribution < 1.29 is 10.1 Å². The van der Waals surface area contributed by atoms with Gasteiger partial charge in [-0.3, -0.25) is 10.1 Å². The lowest BCUT2D eigenvalue weighted by Gasteiger charge is -1.99. The number of hydrogen-bond acceptors (Lipinski definition) is 4. The zero-order chi connectivity index (χ0) is 10.7. The van der Waals surface area contributed by atoms with Crippen molar-refractivity contribution in [1.82, 2.24) is 0 Å². The van der Waals surface area contributed by atoms with Crippen LogP contribution in [0, 0.1) is 10.1 Å². The SMILES string of the molecule is O=[N+]([O-])c1ccc(Cl)c(/C(Cl)=N/O)c1. The fourth-order valence-corrected chi connectivity index (χ4v) is 1.25. The predicted molar refractivity (Wildman–Crippen MR) is 52.3 cm³/mol. The highest BCUT2D eigenvalue weighted by atomic mass is 35.5. The van der Waals surface area contributed by atoms with Gasteiger partial charge in [0.2, 0.25) is 0 Å². The largest absolute Gasteiger partial charge is 0.410 e. The van der Waals surface area contributed by atoms with E-state index in [-0.39, 0.29) is 21.4 Å². The fourth-order valence-electron chi connectivity index (χ4n) is 0.839. The van der Waals surface area contributed by atoms with E-state index in [1.165, 1.54) is 12.1 Å². The Bertz CT molecular complexity index is 406. The lowest BCUT2D eigenvalue weighted by atomic mass is 10.2. The summed E-state index contributed by atoms with van der Waals surface area (Å²) < 4.78 is 0. The molecule has 0 bridgehead atoms. The smallest absolute Gasteiger partial charge is 0.270 e. The number of non-ortho nitro benzene ring substituents is 1. The van der Waals surface area contributed by atoms with Crippen molar-refractivity contribution >= 4 is 34.1 Å². The highest BCUT2D eigenvalue weighted by Crippen LogP contribution is 2.23. The van der Waals surface area contributed by atoms with E-state index in [1.807, 2.05) is 0 Å². The molecule has 14 heavy (non-hydrogen) atoms. The molecule has 0 atom stereocenters. The van der Waals surface area contributed by atoms with Crippen LogP contribution in [-0.2, 0) is 0 Å². The molecule has 0 saturated heterocycles. The molecule has 0 radical (unpaired) electrons. The second-order valence-electron chi connectivity index (χ2n) is 2.31. The summed E-state index contributed by atoms with van der Waals surface area (Å²) in [6.07, 6.45) is 0. The Hall–Kier alpha value is -1.33. The summed E-state index contributed by atoms with van der Waals surface area (Å²) in [5, 5.41) is 21.3. The molecular formula is C7H4Cl2N2O3. The molecule has 1 aromatic rings. The van der Waals surface area contributed by atoms with Gasteiger partial charge in [-0.15, -0.1) is 0 Å². The molecule has 0 heterocycles. The highest BCUT2D eigenvalue weighted by Gasteiger charge is 2.12. The number of nitrogens with zero attached hydrogens (tertiary/aromatic N) is 2. The van der Waals surface area contributed by atoms with Crippen LogP contribution < -0.4 is 0 Å². The molecule has 0 amide bonds. The number of halogens is 2. The molecule has 0 unspecified atom stereocenters. The monoisotopic (exact) mass is 234 g/mol. The van der Waals surface area contributed by atoms with Gasteiger partial charge in [0, 0.05) is 17.7 Å². The molecule has 0 aromatic heterocycles. The zero-order valence-corrected chi connectivity index (χ0v) is 8.16. The number of hydrogen-bond donors (Lipinski definition) is 1. The van der Waals surface area contributed by atoms with Crippen LogP contribution in [-0.4, -0.2) is 15.3 Å². The zero-order valence-electron chi connectivity index (χ0n) is 6.65. The van der Waals surface area contributed by atoms with Gasteiger partial charge in [-0.1, -0.05) is 28.4 Å². The third kappa shape index (κ3) is 2.12. The van der Waals surface area contributed by atoms with Crippen LogP contribution in [0.1, 0.15) is 5.56 Å². The minimum absolute atomic E-state index is 0.116. The molecule has 74 valence electrons. The number of nitro benzene ring substituents is 1. The van der Waals surface area contributed by atoms with Gasteiger partial charge in [-0.05, 0) is 6.07 Å². The van der Waals surface area contributed by atoms with E-state index >= 15 is 0 Å². The molecule has 1 aromatic carbocycles. The van der Waals surface area contributed by atoms with E-state index in [0.29, 0.717) is 0 Å². The van der Waals surface area contributed by atoms with E-state index in [4.69, 9.17) is 28.4 Å². The Labute approximate surface area is 88.7 Å². The van der Waals surface area contributed by atoms with Crippen LogP contribution in [0.25, 0.3) is 0 Å². The van der Waals surface area contributed by atoms with Crippen molar-refractivity contribution in [3.63, 3.8) is 0 Å². The predicted octanol–water partition coefficient (Wildman–Crippen LogP) is 2.62. The Kier molecular flexibility index (Phi) is 3.27. The second kappa shape index (κ2) is 4.26. The van der Waals surface area contributed by atoms with Crippen molar-refractivity contribution in [1.29, 1.82) is 0 Å². The first kappa shape index (κ1) is 10.7. The van der Waals surface area contributed by atoms with Crippen LogP contribution >= 0.6 is 23.2 Å². The lowest BCUT2D eigenvalue weighted by Crippen LogP contribution is -1.95. The van der Waals surface area contributed by atoms with Crippen molar-refractivity contribution in [2.45, 2.75) is 0 Å². The van der Waals surface area contributed by atoms with Crippen LogP contribution in [0.4, 0.5) is 5.69 Å². The first-order valence-electron chi connectivity index (χ1n) is 3.38. The van der Waals surface area contributed by atoms with E-state index < -0.39 is 4.92 Å². The van der Waals surface area contributed by atoms with E-state index in [2.05, 4.69) is 5.16 Å². The maximum atomic E-state index is 10.4. The van der Waals surface area contributed by atoms with E-state index in [0.717, 1.165) is 6.07 Å². The highest BCUT2D eigenvalue weighted by molar-refractivity contribution is 6.70. The molecule has 0 spiro atoms. The Morgan fingerprint density at radius 1 is 1.57 bits per heavy atom. The first-order chi connectivity index (χ1) is 6.56. The lowest BCUT2D eigenvalue weighted by molar-refractivity contribution is -0.384. The average molecular weight is 235 g/mol. The normalized spacial score (nSPS) is 11.4. The Balaban J connectivity index is 3.28. The van der Waals surface area contributed by atoms with E-state index in [1.54, 1.807) is 0 Å². The second-order valence-corrected chi connectivity index (χ2v) is 3.08. The summed E-state index contributed by atoms with van der Waals surface area (Å²) in [5.74, 6) is 0. The minimum atomic E-state index is -0.596. The van der Waals surface area contributed by atoms with Crippen molar-refractivity contribution in [2.24, 2.45) is 5.16 Å². The van der Waals surface area contributed by atoms with E-state index in [9.17, 15) is 10.1 Å². The number of rotatable bonds is 2. The maximum Gasteiger partial charge on any atom is 0.270 e. The third-order valence-electron chi connectivity index (χ3n) is 1.47. The quantitative estimate of drug-likeness (QED) is 0.370. The molecule has 0 saturated carbocycles.